The molecule has 7 nitrogen and oxygen atoms in total. The Bertz CT molecular complexity index is 807. The average molecular weight is 351 g/mol. The standard InChI is InChI=1S/C16H15ClN2O5/c1-9-6-14(19(21)22)12(17)8-13(9)18-16(20)11-5-4-10(23-2)7-15(11)24-3/h4-8H,1-3H3,(H,18,20). The molecule has 0 heterocycles. The van der Waals surface area contributed by atoms with Crippen LogP contribution < -0.4 is 14.8 Å². The Balaban J connectivity index is 2.33. The number of hydrogen-bond donors (Lipinski definition) is 1. The van der Waals surface area contributed by atoms with E-state index in [1.54, 1.807) is 25.1 Å². The number of aryl methyl sites for hydroxylation is 1. The van der Waals surface area contributed by atoms with E-state index in [9.17, 15) is 14.9 Å². The maximum absolute atomic E-state index is 12.5. The smallest absolute Gasteiger partial charge is 0.288 e. The number of carbonyl (C=O) groups excluding carboxylic acids is 1. The first-order chi connectivity index (χ1) is 11.4. The first kappa shape index (κ1) is 17.6. The molecule has 2 aromatic carbocycles. The van der Waals surface area contributed by atoms with Crippen molar-refractivity contribution < 1.29 is 19.2 Å². The number of ether oxygens (including phenoxy) is 2. The minimum Gasteiger partial charge on any atom is -0.497 e. The topological polar surface area (TPSA) is 90.7 Å². The lowest BCUT2D eigenvalue weighted by molar-refractivity contribution is -0.384. The van der Waals surface area contributed by atoms with Crippen LogP contribution in [-0.2, 0) is 0 Å². The summed E-state index contributed by atoms with van der Waals surface area (Å²) in [5, 5.41) is 13.5. The van der Waals surface area contributed by atoms with Crippen molar-refractivity contribution in [2.24, 2.45) is 0 Å². The van der Waals surface area contributed by atoms with Crippen LogP contribution in [0.3, 0.4) is 0 Å². The summed E-state index contributed by atoms with van der Waals surface area (Å²) >= 11 is 5.89. The Morgan fingerprint density at radius 1 is 1.21 bits per heavy atom. The monoisotopic (exact) mass is 350 g/mol. The molecule has 0 saturated heterocycles. The summed E-state index contributed by atoms with van der Waals surface area (Å²) in [5.74, 6) is 0.470. The molecule has 0 aliphatic carbocycles. The zero-order chi connectivity index (χ0) is 17.9. The Morgan fingerprint density at radius 3 is 2.50 bits per heavy atom. The van der Waals surface area contributed by atoms with Crippen molar-refractivity contribution in [3.05, 3.63) is 56.6 Å². The molecule has 0 saturated carbocycles. The summed E-state index contributed by atoms with van der Waals surface area (Å²) < 4.78 is 10.3. The zero-order valence-corrected chi connectivity index (χ0v) is 14.0. The van der Waals surface area contributed by atoms with Crippen LogP contribution in [-0.4, -0.2) is 25.1 Å². The van der Waals surface area contributed by atoms with E-state index >= 15 is 0 Å². The number of hydrogen-bond acceptors (Lipinski definition) is 5. The highest BCUT2D eigenvalue weighted by atomic mass is 35.5. The largest absolute Gasteiger partial charge is 0.497 e. The van der Waals surface area contributed by atoms with Gasteiger partial charge in [0.25, 0.3) is 11.6 Å². The molecule has 126 valence electrons. The van der Waals surface area contributed by atoms with Gasteiger partial charge in [-0.25, -0.2) is 0 Å². The Kier molecular flexibility index (Phi) is 5.25. The predicted molar refractivity (Wildman–Crippen MR) is 90.3 cm³/mol. The van der Waals surface area contributed by atoms with Crippen molar-refractivity contribution in [3.63, 3.8) is 0 Å². The van der Waals surface area contributed by atoms with Gasteiger partial charge in [-0.2, -0.15) is 0 Å². The van der Waals surface area contributed by atoms with Crippen LogP contribution in [0.5, 0.6) is 11.5 Å². The molecular weight excluding hydrogens is 336 g/mol. The van der Waals surface area contributed by atoms with Crippen molar-refractivity contribution in [2.75, 3.05) is 19.5 Å². The lowest BCUT2D eigenvalue weighted by Crippen LogP contribution is -2.14. The summed E-state index contributed by atoms with van der Waals surface area (Å²) in [6.45, 7) is 1.64. The van der Waals surface area contributed by atoms with Crippen molar-refractivity contribution in [1.29, 1.82) is 0 Å². The molecule has 0 spiro atoms. The second-order valence-corrected chi connectivity index (χ2v) is 5.30. The van der Waals surface area contributed by atoms with Gasteiger partial charge in [0, 0.05) is 17.8 Å². The Morgan fingerprint density at radius 2 is 1.92 bits per heavy atom. The average Bonchev–Trinajstić information content (AvgIpc) is 2.56. The maximum Gasteiger partial charge on any atom is 0.288 e. The van der Waals surface area contributed by atoms with Crippen molar-refractivity contribution in [1.82, 2.24) is 0 Å². The number of carbonyl (C=O) groups is 1. The fraction of sp³-hybridized carbons (Fsp3) is 0.188. The van der Waals surface area contributed by atoms with E-state index in [0.717, 1.165) is 0 Å². The second-order valence-electron chi connectivity index (χ2n) is 4.90. The number of rotatable bonds is 5. The van der Waals surface area contributed by atoms with Gasteiger partial charge < -0.3 is 14.8 Å². The highest BCUT2D eigenvalue weighted by Crippen LogP contribution is 2.31. The van der Waals surface area contributed by atoms with E-state index in [0.29, 0.717) is 28.3 Å². The van der Waals surface area contributed by atoms with Crippen LogP contribution in [0.4, 0.5) is 11.4 Å². The third-order valence-electron chi connectivity index (χ3n) is 3.39. The maximum atomic E-state index is 12.5. The van der Waals surface area contributed by atoms with Gasteiger partial charge in [0.05, 0.1) is 24.7 Å². The predicted octanol–water partition coefficient (Wildman–Crippen LogP) is 3.83. The molecule has 0 aliphatic heterocycles. The minimum atomic E-state index is -0.576. The molecule has 2 rings (SSSR count). The summed E-state index contributed by atoms with van der Waals surface area (Å²) in [4.78, 5) is 22.8. The molecule has 0 aliphatic rings. The van der Waals surface area contributed by atoms with Crippen molar-refractivity contribution in [2.45, 2.75) is 6.92 Å². The van der Waals surface area contributed by atoms with Crippen LogP contribution >= 0.6 is 11.6 Å². The van der Waals surface area contributed by atoms with Crippen LogP contribution in [0.2, 0.25) is 5.02 Å². The molecular formula is C16H15ClN2O5. The summed E-state index contributed by atoms with van der Waals surface area (Å²) in [7, 11) is 2.95. The first-order valence-electron chi connectivity index (χ1n) is 6.85. The lowest BCUT2D eigenvalue weighted by atomic mass is 10.1. The number of nitrogens with one attached hydrogen (secondary N) is 1. The van der Waals surface area contributed by atoms with E-state index in [-0.39, 0.29) is 10.7 Å². The third-order valence-corrected chi connectivity index (χ3v) is 3.69. The van der Waals surface area contributed by atoms with Gasteiger partial charge in [-0.15, -0.1) is 0 Å². The van der Waals surface area contributed by atoms with E-state index in [2.05, 4.69) is 5.32 Å². The summed E-state index contributed by atoms with van der Waals surface area (Å²) in [6, 6.07) is 7.44. The molecule has 0 atom stereocenters. The molecule has 8 heteroatoms. The van der Waals surface area contributed by atoms with Gasteiger partial charge in [-0.1, -0.05) is 11.6 Å². The number of halogens is 1. The van der Waals surface area contributed by atoms with E-state index in [4.69, 9.17) is 21.1 Å². The SMILES string of the molecule is COc1ccc(C(=O)Nc2cc(Cl)c([N+](=O)[O-])cc2C)c(OC)c1. The van der Waals surface area contributed by atoms with Crippen LogP contribution in [0.25, 0.3) is 0 Å². The number of amides is 1. The van der Waals surface area contributed by atoms with Gasteiger partial charge in [0.1, 0.15) is 16.5 Å². The number of nitro groups is 1. The van der Waals surface area contributed by atoms with Gasteiger partial charge in [0.15, 0.2) is 0 Å². The van der Waals surface area contributed by atoms with Crippen LogP contribution in [0.15, 0.2) is 30.3 Å². The Hall–Kier alpha value is -2.80. The minimum absolute atomic E-state index is 0.0532. The molecule has 0 fully saturated rings. The zero-order valence-electron chi connectivity index (χ0n) is 13.3. The van der Waals surface area contributed by atoms with Gasteiger partial charge in [-0.05, 0) is 30.7 Å². The first-order valence-corrected chi connectivity index (χ1v) is 7.23. The van der Waals surface area contributed by atoms with Crippen LogP contribution in [0.1, 0.15) is 15.9 Å². The normalized spacial score (nSPS) is 10.2. The van der Waals surface area contributed by atoms with Gasteiger partial charge in [-0.3, -0.25) is 14.9 Å². The molecule has 0 radical (unpaired) electrons. The molecule has 2 aromatic rings. The number of benzene rings is 2. The highest BCUT2D eigenvalue weighted by molar-refractivity contribution is 6.33. The number of nitrogens with zero attached hydrogens (tertiary/aromatic N) is 1. The Labute approximate surface area is 143 Å². The fourth-order valence-corrected chi connectivity index (χ4v) is 2.35. The molecule has 1 amide bonds. The molecule has 1 N–H and O–H groups in total. The number of anilines is 1. The van der Waals surface area contributed by atoms with E-state index in [1.807, 2.05) is 0 Å². The molecule has 0 aromatic heterocycles. The number of methoxy groups -OCH3 is 2. The molecule has 0 unspecified atom stereocenters. The van der Waals surface area contributed by atoms with Gasteiger partial charge in [0.2, 0.25) is 0 Å². The number of nitro benzene ring substituents is 1. The van der Waals surface area contributed by atoms with E-state index < -0.39 is 10.8 Å². The molecule has 0 bridgehead atoms. The third kappa shape index (κ3) is 3.57. The summed E-state index contributed by atoms with van der Waals surface area (Å²) in [5.41, 5.74) is 0.988. The fourth-order valence-electron chi connectivity index (χ4n) is 2.12. The highest BCUT2D eigenvalue weighted by Gasteiger charge is 2.18. The van der Waals surface area contributed by atoms with Crippen molar-refractivity contribution in [3.8, 4) is 11.5 Å². The quantitative estimate of drug-likeness (QED) is 0.653. The summed E-state index contributed by atoms with van der Waals surface area (Å²) in [6.07, 6.45) is 0. The van der Waals surface area contributed by atoms with Gasteiger partial charge >= 0.3 is 0 Å². The van der Waals surface area contributed by atoms with E-state index in [1.165, 1.54) is 26.4 Å². The van der Waals surface area contributed by atoms with Crippen LogP contribution in [0, 0.1) is 17.0 Å². The molecule has 24 heavy (non-hydrogen) atoms. The van der Waals surface area contributed by atoms with Crippen molar-refractivity contribution >= 4 is 28.9 Å². The lowest BCUT2D eigenvalue weighted by Gasteiger charge is -2.12. The second kappa shape index (κ2) is 7.18.